The molecule has 2 amide bonds. The first-order valence-electron chi connectivity index (χ1n) is 15.2. The second-order valence-electron chi connectivity index (χ2n) is 8.91. The van der Waals surface area contributed by atoms with E-state index in [9.17, 15) is 9.59 Å². The topological polar surface area (TPSA) is 165 Å². The number of hydrogen-bond donors (Lipinski definition) is 2. The van der Waals surface area contributed by atoms with Gasteiger partial charge in [-0.25, -0.2) is 19.6 Å². The second kappa shape index (κ2) is 38.8. The number of ether oxygens (including phenoxy) is 1. The summed E-state index contributed by atoms with van der Waals surface area (Å²) in [5.41, 5.74) is 19.3. The van der Waals surface area contributed by atoms with Gasteiger partial charge in [-0.3, -0.25) is 4.79 Å². The van der Waals surface area contributed by atoms with E-state index in [2.05, 4.69) is 54.0 Å². The fraction of sp³-hybridized carbons (Fsp3) is 0.371. The van der Waals surface area contributed by atoms with Crippen LogP contribution in [0.3, 0.4) is 0 Å². The van der Waals surface area contributed by atoms with Crippen LogP contribution in [-0.2, 0) is 75.0 Å². The van der Waals surface area contributed by atoms with Crippen LogP contribution in [0.5, 0.6) is 11.5 Å². The smallest absolute Gasteiger partial charge is 0.528 e. The van der Waals surface area contributed by atoms with E-state index in [1.807, 2.05) is 45.9 Å². The summed E-state index contributed by atoms with van der Waals surface area (Å²) in [4.78, 5) is 26.8. The van der Waals surface area contributed by atoms with E-state index in [1.54, 1.807) is 38.1 Å². The Kier molecular flexibility index (Phi) is 42.2. The summed E-state index contributed by atoms with van der Waals surface area (Å²) in [6, 6.07) is 10.2. The van der Waals surface area contributed by atoms with Crippen molar-refractivity contribution in [1.82, 2.24) is 10.6 Å². The zero-order chi connectivity index (χ0) is 36.9. The Morgan fingerprint density at radius 2 is 1.62 bits per heavy atom. The van der Waals surface area contributed by atoms with Crippen molar-refractivity contribution >= 4 is 18.0 Å². The molecule has 1 aliphatic heterocycles. The van der Waals surface area contributed by atoms with Gasteiger partial charge in [-0.15, -0.1) is 12.7 Å². The summed E-state index contributed by atoms with van der Waals surface area (Å²) in [6.45, 7) is 29.3. The van der Waals surface area contributed by atoms with Crippen LogP contribution in [0.2, 0.25) is 2.82 Å². The van der Waals surface area contributed by atoms with Crippen molar-refractivity contribution in [1.29, 1.82) is 0 Å². The van der Waals surface area contributed by atoms with Gasteiger partial charge in [-0.1, -0.05) is 55.3 Å². The number of azide groups is 2. The van der Waals surface area contributed by atoms with Crippen LogP contribution in [0.4, 0.5) is 5.69 Å². The third-order valence-corrected chi connectivity index (χ3v) is 5.35. The Labute approximate surface area is 343 Å². The molecule has 0 aliphatic carbocycles. The predicted octanol–water partition coefficient (Wildman–Crippen LogP) is 10.5. The van der Waals surface area contributed by atoms with Crippen LogP contribution < -0.4 is 15.4 Å². The van der Waals surface area contributed by atoms with Crippen LogP contribution in [0, 0.1) is 35.1 Å². The van der Waals surface area contributed by atoms with Crippen LogP contribution in [-0.4, -0.2) is 24.4 Å². The number of nitrogens with zero attached hydrogens (tertiary/aromatic N) is 6. The van der Waals surface area contributed by atoms with Gasteiger partial charge in [0, 0.05) is 72.3 Å². The minimum Gasteiger partial charge on any atom is -0.528 e. The largest absolute Gasteiger partial charge is 3.00 e. The third kappa shape index (κ3) is 27.3. The molecule has 0 saturated heterocycles. The van der Waals surface area contributed by atoms with E-state index in [1.165, 1.54) is 19.4 Å². The maximum atomic E-state index is 11.7. The number of carbonyl (C=O) groups excluding carboxylic acids is 2. The van der Waals surface area contributed by atoms with Gasteiger partial charge in [-0.05, 0) is 61.5 Å². The molecule has 1 radical (unpaired) electrons. The summed E-state index contributed by atoms with van der Waals surface area (Å²) in [5, 5.41) is 8.72. The molecule has 11 nitrogen and oxygen atoms in total. The number of allylic oxidation sites excluding steroid dienone is 2. The summed E-state index contributed by atoms with van der Waals surface area (Å²) < 4.78 is 20.9. The molecule has 3 rings (SSSR count). The Morgan fingerprint density at radius 3 is 1.98 bits per heavy atom. The van der Waals surface area contributed by atoms with Crippen molar-refractivity contribution in [3.05, 3.63) is 127 Å². The molecular formula is C35H53N8O3Y2-2. The number of hydrogen-bond acceptors (Lipinski definition) is 5. The summed E-state index contributed by atoms with van der Waals surface area (Å²) in [5.74, 6) is 0.712. The molecule has 0 saturated carbocycles. The van der Waals surface area contributed by atoms with Crippen molar-refractivity contribution in [3.8, 4) is 11.5 Å². The Balaban J connectivity index is -0.000000150. The standard InChI is InChI=1S/C16H14N4O2.C5H10NO.C4H9N3.C4H7.C3H5.C2H5.CH3.2Y/c1-9-3-5-12-14(7-9)22-15-8-11(19-20-17)4-6-13(15)16(12)18-10(2)21;1-3-5(2)6-4-7;1-3-4(2)6-7-5;1-3-4-2;1-3-2;1-2;;;/h3-8,16H,1-2H3,(H,18,21);5H,3H2,1-2H3,(H,6,7);4H,3H2,1-2H3;3H,1-2,4H2;3H,1-2H2;1H2,2H3;1H3;;/q;-1;;4*-1;;+3/i/hT2. The van der Waals surface area contributed by atoms with Crippen molar-refractivity contribution in [2.75, 3.05) is 0 Å². The maximum Gasteiger partial charge on any atom is 3.00 e. The van der Waals surface area contributed by atoms with Gasteiger partial charge in [0.05, 0.1) is 6.04 Å². The zero-order valence-corrected chi connectivity index (χ0v) is 35.6. The molecule has 0 fully saturated rings. The number of carbonyl (C=O) groups is 1. The molecule has 3 atom stereocenters. The molecule has 2 aromatic rings. The summed E-state index contributed by atoms with van der Waals surface area (Å²) in [7, 11) is 0. The monoisotopic (exact) mass is 815 g/mol. The summed E-state index contributed by atoms with van der Waals surface area (Å²) in [6.07, 6.45) is 7.29. The quantitative estimate of drug-likeness (QED) is 0.0678. The van der Waals surface area contributed by atoms with Gasteiger partial charge in [0.15, 0.2) is 1.41 Å². The first kappa shape index (κ1) is 52.2. The van der Waals surface area contributed by atoms with E-state index in [4.69, 9.17) is 18.6 Å². The van der Waals surface area contributed by atoms with Crippen LogP contribution in [0.15, 0.2) is 71.9 Å². The van der Waals surface area contributed by atoms with Crippen molar-refractivity contribution in [3.63, 3.8) is 0 Å². The predicted molar refractivity (Wildman–Crippen MR) is 193 cm³/mol. The van der Waals surface area contributed by atoms with Crippen LogP contribution >= 0.6 is 0 Å². The fourth-order valence-electron chi connectivity index (χ4n) is 2.86. The first-order valence-corrected chi connectivity index (χ1v) is 14.3. The number of amides is 2. The minimum atomic E-state index is -0.563. The minimum absolute atomic E-state index is 0. The van der Waals surface area contributed by atoms with Gasteiger partial charge < -0.3 is 41.4 Å². The Morgan fingerprint density at radius 1 is 1.12 bits per heavy atom. The molecule has 1 heterocycles. The van der Waals surface area contributed by atoms with E-state index >= 15 is 0 Å². The van der Waals surface area contributed by atoms with E-state index in [-0.39, 0.29) is 90.8 Å². The molecule has 2 aromatic carbocycles. The van der Waals surface area contributed by atoms with E-state index < -0.39 is 6.04 Å². The number of aryl methyl sites for hydroxylation is 1. The summed E-state index contributed by atoms with van der Waals surface area (Å²) >= 11 is 0. The Hall–Kier alpha value is -2.64. The van der Waals surface area contributed by atoms with Gasteiger partial charge in [0.1, 0.15) is 12.9 Å². The van der Waals surface area contributed by atoms with Crippen molar-refractivity contribution < 1.29 is 82.6 Å². The molecule has 3 unspecified atom stereocenters. The van der Waals surface area contributed by atoms with Crippen molar-refractivity contribution in [2.24, 2.45) is 10.2 Å². The van der Waals surface area contributed by atoms with E-state index in [0.29, 0.717) is 22.7 Å². The van der Waals surface area contributed by atoms with Crippen LogP contribution in [0.1, 0.15) is 83.5 Å². The van der Waals surface area contributed by atoms with Gasteiger partial charge in [0.25, 0.3) is 0 Å². The fourth-order valence-corrected chi connectivity index (χ4v) is 2.86. The molecule has 0 spiro atoms. The average Bonchev–Trinajstić information content (AvgIpc) is 3.08. The molecule has 259 valence electrons. The van der Waals surface area contributed by atoms with Gasteiger partial charge in [0.2, 0.25) is 5.91 Å². The molecular weight excluding hydrogens is 758 g/mol. The number of nitrogens with one attached hydrogen (secondary N) is 2. The Bertz CT molecular complexity index is 1320. The van der Waals surface area contributed by atoms with Crippen LogP contribution in [0.25, 0.3) is 20.9 Å². The molecule has 2 N–H and O–H groups in total. The second-order valence-corrected chi connectivity index (χ2v) is 8.91. The molecule has 0 bridgehead atoms. The first-order chi connectivity index (χ1) is 22.4. The maximum absolute atomic E-state index is 11.7. The third-order valence-electron chi connectivity index (χ3n) is 5.35. The van der Waals surface area contributed by atoms with Gasteiger partial charge in [-0.2, -0.15) is 19.8 Å². The number of benzene rings is 2. The molecule has 48 heavy (non-hydrogen) atoms. The average molecular weight is 816 g/mol. The van der Waals surface area contributed by atoms with E-state index in [0.717, 1.165) is 41.0 Å². The normalized spacial score (nSPS) is 12.0. The molecule has 13 heteroatoms. The SMILES string of the molecule is C=CC[CH2-].C=C[CH2-].CCC(C)N=[N+]=[N-].[3H]N(C(C)=O)C1c2ccc(C)cc2Oc2cc(N=[N+]=[N-])ccc21.[3H]N([C-]=O)C(C)CC.[CH2-]C.[CH3-].[Y+3].[Y]. The number of fused-ring (bicyclic) bond motifs is 2. The van der Waals surface area contributed by atoms with Crippen molar-refractivity contribution in [2.45, 2.75) is 85.9 Å². The zero-order valence-electron chi connectivity index (χ0n) is 32.0. The molecule has 1 aliphatic rings. The number of rotatable bonds is 8. The van der Waals surface area contributed by atoms with Gasteiger partial charge >= 0.3 is 32.7 Å². The molecule has 0 aromatic heterocycles.